The Balaban J connectivity index is 1.53. The van der Waals surface area contributed by atoms with Gasteiger partial charge in [0.1, 0.15) is 17.1 Å². The number of nitrogens with one attached hydrogen (secondary N) is 1. The molecule has 0 unspecified atom stereocenters. The van der Waals surface area contributed by atoms with E-state index in [4.69, 9.17) is 14.0 Å². The molecule has 0 bridgehead atoms. The second-order valence-corrected chi connectivity index (χ2v) is 7.99. The number of amides is 1. The summed E-state index contributed by atoms with van der Waals surface area (Å²) < 4.78 is 16.3. The van der Waals surface area contributed by atoms with Gasteiger partial charge in [-0.3, -0.25) is 4.79 Å². The fraction of sp³-hybridized carbons (Fsp3) is 0.214. The molecule has 0 aliphatic rings. The number of carbonyl (C=O) groups excluding carboxylic acids is 1. The minimum atomic E-state index is -0.226. The number of ether oxygens (including phenoxy) is 2. The van der Waals surface area contributed by atoms with E-state index in [1.807, 2.05) is 36.4 Å². The van der Waals surface area contributed by atoms with E-state index < -0.39 is 0 Å². The summed E-state index contributed by atoms with van der Waals surface area (Å²) in [6, 6.07) is 26.0. The number of hydrogen-bond acceptors (Lipinski definition) is 5. The Hall–Kier alpha value is -4.06. The van der Waals surface area contributed by atoms with Crippen LogP contribution in [0.3, 0.4) is 0 Å². The molecule has 0 radical (unpaired) electrons. The average molecular weight is 457 g/mol. The lowest BCUT2D eigenvalue weighted by Gasteiger charge is -2.18. The molecule has 3 aromatic carbocycles. The highest BCUT2D eigenvalue weighted by atomic mass is 16.5. The smallest absolute Gasteiger partial charge is 0.257 e. The first-order valence-corrected chi connectivity index (χ1v) is 11.2. The lowest BCUT2D eigenvalue weighted by Crippen LogP contribution is -2.26. The number of nitrogens with zero attached hydrogens (tertiary/aromatic N) is 1. The highest BCUT2D eigenvalue weighted by Crippen LogP contribution is 2.33. The highest BCUT2D eigenvalue weighted by molar-refractivity contribution is 6.00. The van der Waals surface area contributed by atoms with Crippen LogP contribution in [0.4, 0.5) is 0 Å². The van der Waals surface area contributed by atoms with Gasteiger partial charge in [0.25, 0.3) is 5.91 Å². The van der Waals surface area contributed by atoms with Gasteiger partial charge in [-0.25, -0.2) is 0 Å². The van der Waals surface area contributed by atoms with Crippen LogP contribution in [0.5, 0.6) is 11.5 Å². The molecule has 0 aliphatic heterocycles. The van der Waals surface area contributed by atoms with Crippen molar-refractivity contribution >= 4 is 5.91 Å². The summed E-state index contributed by atoms with van der Waals surface area (Å²) in [6.45, 7) is 2.26. The van der Waals surface area contributed by atoms with Crippen molar-refractivity contribution in [3.63, 3.8) is 0 Å². The van der Waals surface area contributed by atoms with Crippen LogP contribution in [0.2, 0.25) is 0 Å². The quantitative estimate of drug-likeness (QED) is 0.354. The Labute approximate surface area is 199 Å². The van der Waals surface area contributed by atoms with Crippen LogP contribution >= 0.6 is 0 Å². The summed E-state index contributed by atoms with van der Waals surface area (Å²) in [5.41, 5.74) is 4.03. The Bertz CT molecular complexity index is 1170. The normalized spacial score (nSPS) is 10.8. The van der Waals surface area contributed by atoms with Crippen LogP contribution in [0.15, 0.2) is 83.4 Å². The zero-order valence-corrected chi connectivity index (χ0v) is 19.6. The summed E-state index contributed by atoms with van der Waals surface area (Å²) in [6.07, 6.45) is 0.756. The summed E-state index contributed by atoms with van der Waals surface area (Å²) in [5.74, 6) is 1.53. The van der Waals surface area contributed by atoms with Gasteiger partial charge in [-0.05, 0) is 36.6 Å². The van der Waals surface area contributed by atoms with Gasteiger partial charge < -0.3 is 19.3 Å². The van der Waals surface area contributed by atoms with Gasteiger partial charge in [0.2, 0.25) is 0 Å². The predicted molar refractivity (Wildman–Crippen MR) is 131 cm³/mol. The van der Waals surface area contributed by atoms with E-state index in [2.05, 4.69) is 34.7 Å². The lowest BCUT2D eigenvalue weighted by atomic mass is 9.88. The first kappa shape index (κ1) is 23.1. The summed E-state index contributed by atoms with van der Waals surface area (Å²) in [5, 5.41) is 7.11. The Kier molecular flexibility index (Phi) is 7.28. The van der Waals surface area contributed by atoms with Crippen molar-refractivity contribution in [2.75, 3.05) is 20.8 Å². The number of benzene rings is 3. The molecular formula is C28H28N2O4. The largest absolute Gasteiger partial charge is 0.497 e. The Morgan fingerprint density at radius 1 is 0.912 bits per heavy atom. The third kappa shape index (κ3) is 5.12. The zero-order valence-electron chi connectivity index (χ0n) is 19.6. The first-order chi connectivity index (χ1) is 16.6. The van der Waals surface area contributed by atoms with Crippen LogP contribution in [0.1, 0.15) is 39.5 Å². The standard InChI is InChI=1S/C28H28N2O4/c1-19-26(27(34-30-19)22-16-23(32-2)18-24(17-22)33-3)28(31)29-15-14-25(20-10-6-4-7-11-20)21-12-8-5-9-13-21/h4-13,16-18,25H,14-15H2,1-3H3,(H,29,31). The molecule has 0 saturated heterocycles. The van der Waals surface area contributed by atoms with E-state index in [1.165, 1.54) is 11.1 Å². The SMILES string of the molecule is COc1cc(OC)cc(-c2onc(C)c2C(=O)NCCC(c2ccccc2)c2ccccc2)c1. The monoisotopic (exact) mass is 456 g/mol. The van der Waals surface area contributed by atoms with Gasteiger partial charge in [0.05, 0.1) is 19.9 Å². The van der Waals surface area contributed by atoms with Gasteiger partial charge in [-0.15, -0.1) is 0 Å². The summed E-state index contributed by atoms with van der Waals surface area (Å²) in [4.78, 5) is 13.2. The molecule has 1 amide bonds. The maximum atomic E-state index is 13.2. The summed E-state index contributed by atoms with van der Waals surface area (Å²) in [7, 11) is 3.15. The number of aryl methyl sites for hydroxylation is 1. The average Bonchev–Trinajstić information content (AvgIpc) is 3.28. The van der Waals surface area contributed by atoms with E-state index in [9.17, 15) is 4.79 Å². The van der Waals surface area contributed by atoms with Crippen LogP contribution < -0.4 is 14.8 Å². The molecule has 6 heteroatoms. The van der Waals surface area contributed by atoms with Gasteiger partial charge in [-0.1, -0.05) is 65.8 Å². The number of hydrogen-bond donors (Lipinski definition) is 1. The predicted octanol–water partition coefficient (Wildman–Crippen LogP) is 5.62. The van der Waals surface area contributed by atoms with Gasteiger partial charge in [0, 0.05) is 24.1 Å². The van der Waals surface area contributed by atoms with Gasteiger partial charge in [0.15, 0.2) is 5.76 Å². The summed E-state index contributed by atoms with van der Waals surface area (Å²) >= 11 is 0. The molecule has 174 valence electrons. The third-order valence-corrected chi connectivity index (χ3v) is 5.83. The molecule has 0 saturated carbocycles. The zero-order chi connectivity index (χ0) is 23.9. The lowest BCUT2D eigenvalue weighted by molar-refractivity contribution is 0.0952. The first-order valence-electron chi connectivity index (χ1n) is 11.2. The number of methoxy groups -OCH3 is 2. The third-order valence-electron chi connectivity index (χ3n) is 5.83. The van der Waals surface area contributed by atoms with E-state index in [0.717, 1.165) is 6.42 Å². The molecule has 34 heavy (non-hydrogen) atoms. The maximum absolute atomic E-state index is 13.2. The molecule has 4 rings (SSSR count). The molecule has 0 aliphatic carbocycles. The van der Waals surface area contributed by atoms with Crippen molar-refractivity contribution < 1.29 is 18.8 Å². The molecule has 0 fully saturated rings. The maximum Gasteiger partial charge on any atom is 0.257 e. The molecule has 4 aromatic rings. The molecular weight excluding hydrogens is 428 g/mol. The Morgan fingerprint density at radius 2 is 1.47 bits per heavy atom. The molecule has 1 aromatic heterocycles. The van der Waals surface area contributed by atoms with Crippen LogP contribution in [-0.2, 0) is 0 Å². The molecule has 1 N–H and O–H groups in total. The van der Waals surface area contributed by atoms with E-state index in [1.54, 1.807) is 39.3 Å². The second kappa shape index (κ2) is 10.7. The fourth-order valence-corrected chi connectivity index (χ4v) is 4.09. The van der Waals surface area contributed by atoms with Crippen molar-refractivity contribution in [2.24, 2.45) is 0 Å². The Morgan fingerprint density at radius 3 is 2.00 bits per heavy atom. The van der Waals surface area contributed by atoms with Gasteiger partial charge in [-0.2, -0.15) is 0 Å². The number of aromatic nitrogens is 1. The number of carbonyl (C=O) groups is 1. The molecule has 1 heterocycles. The van der Waals surface area contributed by atoms with E-state index in [-0.39, 0.29) is 11.8 Å². The molecule has 6 nitrogen and oxygen atoms in total. The minimum Gasteiger partial charge on any atom is -0.497 e. The van der Waals surface area contributed by atoms with E-state index >= 15 is 0 Å². The van der Waals surface area contributed by atoms with Gasteiger partial charge >= 0.3 is 0 Å². The van der Waals surface area contributed by atoms with Crippen molar-refractivity contribution in [3.05, 3.63) is 101 Å². The van der Waals surface area contributed by atoms with Crippen LogP contribution in [0.25, 0.3) is 11.3 Å². The van der Waals surface area contributed by atoms with Crippen molar-refractivity contribution in [2.45, 2.75) is 19.3 Å². The van der Waals surface area contributed by atoms with Crippen LogP contribution in [-0.4, -0.2) is 31.8 Å². The number of rotatable bonds is 9. The molecule has 0 spiro atoms. The topological polar surface area (TPSA) is 73.6 Å². The van der Waals surface area contributed by atoms with Crippen molar-refractivity contribution in [1.82, 2.24) is 10.5 Å². The highest BCUT2D eigenvalue weighted by Gasteiger charge is 2.23. The second-order valence-electron chi connectivity index (χ2n) is 7.99. The fourth-order valence-electron chi connectivity index (χ4n) is 4.09. The molecule has 0 atom stereocenters. The van der Waals surface area contributed by atoms with Crippen LogP contribution in [0, 0.1) is 6.92 Å². The van der Waals surface area contributed by atoms with E-state index in [0.29, 0.717) is 40.6 Å². The van der Waals surface area contributed by atoms with Crippen molar-refractivity contribution in [3.8, 4) is 22.8 Å². The minimum absolute atomic E-state index is 0.174. The van der Waals surface area contributed by atoms with Crippen molar-refractivity contribution in [1.29, 1.82) is 0 Å².